The summed E-state index contributed by atoms with van der Waals surface area (Å²) in [4.78, 5) is 4.07. The summed E-state index contributed by atoms with van der Waals surface area (Å²) in [5.74, 6) is 0. The Morgan fingerprint density at radius 1 is 1.56 bits per heavy atom. The molecule has 1 aromatic heterocycles. The molecule has 9 heavy (non-hydrogen) atoms. The summed E-state index contributed by atoms with van der Waals surface area (Å²) in [7, 11) is 1.88. The third-order valence-corrected chi connectivity index (χ3v) is 1.65. The zero-order chi connectivity index (χ0) is 6.69. The lowest BCUT2D eigenvalue weighted by Crippen LogP contribution is -1.88. The van der Waals surface area contributed by atoms with Crippen molar-refractivity contribution >= 4 is 28.3 Å². The zero-order valence-corrected chi connectivity index (χ0v) is 7.21. The first-order valence-corrected chi connectivity index (χ1v) is 3.70. The Morgan fingerprint density at radius 3 is 2.78 bits per heavy atom. The Bertz CT molecular complexity index is 183. The number of anilines is 1. The molecule has 0 bridgehead atoms. The maximum Gasteiger partial charge on any atom is 0.101 e. The third kappa shape index (κ3) is 1.82. The molecule has 0 atom stereocenters. The molecule has 1 heterocycles. The van der Waals surface area contributed by atoms with Crippen molar-refractivity contribution in [3.63, 3.8) is 0 Å². The van der Waals surface area contributed by atoms with Crippen LogP contribution in [0.3, 0.4) is 0 Å². The first-order valence-electron chi connectivity index (χ1n) is 2.62. The van der Waals surface area contributed by atoms with E-state index in [1.807, 2.05) is 25.4 Å². The van der Waals surface area contributed by atoms with E-state index in [2.05, 4.69) is 32.9 Å². The number of pyridine rings is 1. The van der Waals surface area contributed by atoms with Gasteiger partial charge >= 0.3 is 0 Å². The number of nitrogens with zero attached hydrogens (tertiary/aromatic N) is 1. The molecule has 0 spiro atoms. The molecule has 1 N–H and O–H groups in total. The summed E-state index contributed by atoms with van der Waals surface area (Å²) in [6.45, 7) is 0. The summed E-state index contributed by atoms with van der Waals surface area (Å²) in [6, 6.07) is 3.96. The summed E-state index contributed by atoms with van der Waals surface area (Å²) in [6.07, 6.45) is 1.81. The Labute approximate surface area is 67.8 Å². The van der Waals surface area contributed by atoms with Gasteiger partial charge < -0.3 is 5.32 Å². The van der Waals surface area contributed by atoms with E-state index in [-0.39, 0.29) is 0 Å². The van der Waals surface area contributed by atoms with E-state index in [1.165, 1.54) is 0 Å². The number of aromatic nitrogens is 1. The van der Waals surface area contributed by atoms with Crippen molar-refractivity contribution in [2.24, 2.45) is 0 Å². The minimum absolute atomic E-state index is 1.02. The third-order valence-electron chi connectivity index (χ3n) is 1.02. The Hall–Kier alpha value is -0.320. The molecule has 1 aromatic rings. The van der Waals surface area contributed by atoms with E-state index >= 15 is 0 Å². The van der Waals surface area contributed by atoms with Crippen LogP contribution in [-0.2, 0) is 0 Å². The molecule has 0 aromatic carbocycles. The normalized spacial score (nSPS) is 9.11. The van der Waals surface area contributed by atoms with E-state index < -0.39 is 0 Å². The van der Waals surface area contributed by atoms with E-state index in [0.717, 1.165) is 9.39 Å². The van der Waals surface area contributed by atoms with Crippen molar-refractivity contribution in [1.29, 1.82) is 0 Å². The first kappa shape index (κ1) is 6.80. The minimum Gasteiger partial charge on any atom is -0.387 e. The van der Waals surface area contributed by atoms with E-state index in [0.29, 0.717) is 0 Å². The molecule has 0 aliphatic heterocycles. The van der Waals surface area contributed by atoms with Gasteiger partial charge in [-0.3, -0.25) is 0 Å². The van der Waals surface area contributed by atoms with E-state index in [4.69, 9.17) is 0 Å². The quantitative estimate of drug-likeness (QED) is 0.591. The zero-order valence-electron chi connectivity index (χ0n) is 5.06. The molecule has 0 radical (unpaired) electrons. The van der Waals surface area contributed by atoms with Gasteiger partial charge in [0.2, 0.25) is 0 Å². The Morgan fingerprint density at radius 2 is 2.33 bits per heavy atom. The van der Waals surface area contributed by atoms with Gasteiger partial charge in [-0.05, 0) is 34.7 Å². The van der Waals surface area contributed by atoms with Crippen LogP contribution < -0.4 is 5.32 Å². The van der Waals surface area contributed by atoms with Gasteiger partial charge in [-0.15, -0.1) is 0 Å². The van der Waals surface area contributed by atoms with E-state index in [9.17, 15) is 0 Å². The van der Waals surface area contributed by atoms with Crippen molar-refractivity contribution in [3.05, 3.63) is 22.0 Å². The highest BCUT2D eigenvalue weighted by Crippen LogP contribution is 2.05. The van der Waals surface area contributed by atoms with Gasteiger partial charge in [0.25, 0.3) is 0 Å². The van der Waals surface area contributed by atoms with Crippen LogP contribution in [0.15, 0.2) is 18.3 Å². The molecule has 0 aliphatic carbocycles. The number of hydrogen-bond donors (Lipinski definition) is 1. The summed E-state index contributed by atoms with van der Waals surface area (Å²) in [5.41, 5.74) is 1.05. The molecule has 0 amide bonds. The largest absolute Gasteiger partial charge is 0.387 e. The van der Waals surface area contributed by atoms with Crippen LogP contribution in [-0.4, -0.2) is 12.0 Å². The number of rotatable bonds is 1. The molecule has 0 aliphatic rings. The van der Waals surface area contributed by atoms with Gasteiger partial charge in [0, 0.05) is 7.05 Å². The van der Waals surface area contributed by atoms with Crippen molar-refractivity contribution in [2.75, 3.05) is 12.4 Å². The second-order valence-corrected chi connectivity index (χ2v) is 2.72. The Balaban J connectivity index is 2.88. The number of hydrogen-bond acceptors (Lipinski definition) is 2. The van der Waals surface area contributed by atoms with Gasteiger partial charge in [-0.2, -0.15) is 0 Å². The molecular weight excluding hydrogens is 227 g/mol. The van der Waals surface area contributed by atoms with Gasteiger partial charge in [-0.1, -0.05) is 0 Å². The highest BCUT2D eigenvalue weighted by Gasteiger charge is 1.86. The van der Waals surface area contributed by atoms with Gasteiger partial charge in [-0.25, -0.2) is 4.98 Å². The average molecular weight is 234 g/mol. The maximum absolute atomic E-state index is 4.07. The molecule has 0 saturated carbocycles. The second kappa shape index (κ2) is 3.00. The molecule has 0 saturated heterocycles. The number of nitrogens with one attached hydrogen (secondary N) is 1. The highest BCUT2D eigenvalue weighted by molar-refractivity contribution is 14.1. The molecule has 0 unspecified atom stereocenters. The van der Waals surface area contributed by atoms with Crippen molar-refractivity contribution in [2.45, 2.75) is 0 Å². The minimum atomic E-state index is 1.02. The number of halogens is 1. The summed E-state index contributed by atoms with van der Waals surface area (Å²) >= 11 is 2.17. The van der Waals surface area contributed by atoms with E-state index in [1.54, 1.807) is 0 Å². The Kier molecular flexibility index (Phi) is 2.27. The SMILES string of the molecule is CNc1ccc(I)nc1. The predicted molar refractivity (Wildman–Crippen MR) is 46.5 cm³/mol. The van der Waals surface area contributed by atoms with Crippen molar-refractivity contribution in [3.8, 4) is 0 Å². The summed E-state index contributed by atoms with van der Waals surface area (Å²) < 4.78 is 1.02. The monoisotopic (exact) mass is 234 g/mol. The molecule has 48 valence electrons. The lowest BCUT2D eigenvalue weighted by atomic mass is 10.4. The van der Waals surface area contributed by atoms with Crippen LogP contribution >= 0.6 is 22.6 Å². The highest BCUT2D eigenvalue weighted by atomic mass is 127. The molecule has 2 nitrogen and oxygen atoms in total. The molecular formula is C6H7IN2. The fraction of sp³-hybridized carbons (Fsp3) is 0.167. The van der Waals surface area contributed by atoms with Crippen molar-refractivity contribution < 1.29 is 0 Å². The molecule has 0 fully saturated rings. The van der Waals surface area contributed by atoms with Crippen LogP contribution in [0.25, 0.3) is 0 Å². The van der Waals surface area contributed by atoms with Crippen LogP contribution in [0.2, 0.25) is 0 Å². The molecule has 1 rings (SSSR count). The fourth-order valence-corrected chi connectivity index (χ4v) is 0.843. The average Bonchev–Trinajstić information content (AvgIpc) is 1.90. The van der Waals surface area contributed by atoms with Crippen LogP contribution in [0.4, 0.5) is 5.69 Å². The van der Waals surface area contributed by atoms with Crippen LogP contribution in [0.1, 0.15) is 0 Å². The fourth-order valence-electron chi connectivity index (χ4n) is 0.524. The standard InChI is InChI=1S/C6H7IN2/c1-8-5-2-3-6(7)9-4-5/h2-4,8H,1H3. The maximum atomic E-state index is 4.07. The lowest BCUT2D eigenvalue weighted by Gasteiger charge is -1.95. The van der Waals surface area contributed by atoms with Crippen LogP contribution in [0.5, 0.6) is 0 Å². The second-order valence-electron chi connectivity index (χ2n) is 1.62. The van der Waals surface area contributed by atoms with Gasteiger partial charge in [0.05, 0.1) is 11.9 Å². The first-order chi connectivity index (χ1) is 4.33. The van der Waals surface area contributed by atoms with Gasteiger partial charge in [0.15, 0.2) is 0 Å². The summed E-state index contributed by atoms with van der Waals surface area (Å²) in [5, 5.41) is 2.99. The predicted octanol–water partition coefficient (Wildman–Crippen LogP) is 1.73. The van der Waals surface area contributed by atoms with Gasteiger partial charge in [0.1, 0.15) is 3.70 Å². The van der Waals surface area contributed by atoms with Crippen molar-refractivity contribution in [1.82, 2.24) is 4.98 Å². The smallest absolute Gasteiger partial charge is 0.101 e. The van der Waals surface area contributed by atoms with Crippen LogP contribution in [0, 0.1) is 3.70 Å². The molecule has 3 heteroatoms. The topological polar surface area (TPSA) is 24.9 Å². The lowest BCUT2D eigenvalue weighted by molar-refractivity contribution is 1.26.